The molecule has 1 N–H and O–H groups in total. The Labute approximate surface area is 171 Å². The number of ether oxygens (including phenoxy) is 2. The van der Waals surface area contributed by atoms with Gasteiger partial charge in [0.2, 0.25) is 0 Å². The third-order valence-corrected chi connectivity index (χ3v) is 5.02. The van der Waals surface area contributed by atoms with Gasteiger partial charge in [-0.15, -0.1) is 0 Å². The second-order valence-corrected chi connectivity index (χ2v) is 7.39. The molecular weight excluding hydrogens is 372 g/mol. The minimum absolute atomic E-state index is 0.000348. The van der Waals surface area contributed by atoms with E-state index in [0.717, 1.165) is 12.8 Å². The molecule has 0 saturated carbocycles. The van der Waals surface area contributed by atoms with Crippen LogP contribution in [0.25, 0.3) is 11.0 Å². The Morgan fingerprint density at radius 3 is 2.66 bits per heavy atom. The van der Waals surface area contributed by atoms with E-state index in [1.807, 2.05) is 6.92 Å². The van der Waals surface area contributed by atoms with Crippen LogP contribution in [0.5, 0.6) is 11.5 Å². The molecule has 0 radical (unpaired) electrons. The zero-order valence-electron chi connectivity index (χ0n) is 17.9. The number of carbonyl (C=O) groups excluding carboxylic acids is 1. The molecule has 0 aliphatic carbocycles. The van der Waals surface area contributed by atoms with Crippen molar-refractivity contribution in [2.24, 2.45) is 0 Å². The third-order valence-electron chi connectivity index (χ3n) is 5.02. The highest BCUT2D eigenvalue weighted by molar-refractivity contribution is 5.88. The van der Waals surface area contributed by atoms with Crippen molar-refractivity contribution in [3.63, 3.8) is 0 Å². The van der Waals surface area contributed by atoms with E-state index in [2.05, 4.69) is 6.92 Å². The third kappa shape index (κ3) is 6.24. The summed E-state index contributed by atoms with van der Waals surface area (Å²) in [5.74, 6) is 0.0985. The number of unbranched alkanes of at least 4 members (excludes halogenated alkanes) is 3. The lowest BCUT2D eigenvalue weighted by Crippen LogP contribution is -2.14. The molecule has 1 atom stereocenters. The molecule has 6 nitrogen and oxygen atoms in total. The lowest BCUT2D eigenvalue weighted by atomic mass is 10.0. The van der Waals surface area contributed by atoms with Crippen molar-refractivity contribution in [2.45, 2.75) is 78.7 Å². The van der Waals surface area contributed by atoms with Crippen LogP contribution in [-0.4, -0.2) is 23.8 Å². The van der Waals surface area contributed by atoms with Gasteiger partial charge in [-0.2, -0.15) is 0 Å². The second-order valence-electron chi connectivity index (χ2n) is 7.39. The number of fused-ring (bicyclic) bond motifs is 1. The van der Waals surface area contributed by atoms with Gasteiger partial charge in [0.25, 0.3) is 0 Å². The fraction of sp³-hybridized carbons (Fsp3) is 0.565. The van der Waals surface area contributed by atoms with Gasteiger partial charge in [0.15, 0.2) is 0 Å². The highest BCUT2D eigenvalue weighted by Crippen LogP contribution is 2.34. The molecule has 0 aliphatic heterocycles. The second kappa shape index (κ2) is 10.9. The average molecular weight is 405 g/mol. The highest BCUT2D eigenvalue weighted by atomic mass is 16.5. The number of benzene rings is 1. The maximum absolute atomic E-state index is 12.4. The van der Waals surface area contributed by atoms with Crippen LogP contribution in [0.2, 0.25) is 0 Å². The molecule has 1 aromatic carbocycles. The molecule has 0 amide bonds. The Morgan fingerprint density at radius 2 is 1.97 bits per heavy atom. The number of phenols is 1. The monoisotopic (exact) mass is 404 g/mol. The summed E-state index contributed by atoms with van der Waals surface area (Å²) in [5.41, 5.74) is 0.750. The lowest BCUT2D eigenvalue weighted by molar-refractivity contribution is -0.143. The van der Waals surface area contributed by atoms with Gasteiger partial charge < -0.3 is 19.0 Å². The SMILES string of the molecule is CCCCCCC(C)Oc1cc(O)c2c(C)c(CCC(=O)OCC)c(=O)oc2c1. The lowest BCUT2D eigenvalue weighted by Gasteiger charge is -2.16. The highest BCUT2D eigenvalue weighted by Gasteiger charge is 2.17. The molecule has 2 aromatic rings. The first kappa shape index (κ1) is 22.8. The Bertz CT molecular complexity index is 883. The first-order chi connectivity index (χ1) is 13.9. The van der Waals surface area contributed by atoms with Gasteiger partial charge in [0.05, 0.1) is 18.1 Å². The number of aryl methyl sites for hydroxylation is 1. The van der Waals surface area contributed by atoms with Crippen molar-refractivity contribution < 1.29 is 23.8 Å². The van der Waals surface area contributed by atoms with E-state index in [0.29, 0.717) is 28.9 Å². The predicted octanol–water partition coefficient (Wildman–Crippen LogP) is 5.04. The van der Waals surface area contributed by atoms with E-state index < -0.39 is 5.63 Å². The smallest absolute Gasteiger partial charge is 0.339 e. The van der Waals surface area contributed by atoms with Crippen molar-refractivity contribution in [3.8, 4) is 11.5 Å². The van der Waals surface area contributed by atoms with Gasteiger partial charge in [-0.3, -0.25) is 4.79 Å². The van der Waals surface area contributed by atoms with Crippen molar-refractivity contribution in [2.75, 3.05) is 6.61 Å². The van der Waals surface area contributed by atoms with E-state index in [1.54, 1.807) is 26.0 Å². The van der Waals surface area contributed by atoms with E-state index in [-0.39, 0.29) is 36.2 Å². The minimum Gasteiger partial charge on any atom is -0.507 e. The average Bonchev–Trinajstić information content (AvgIpc) is 2.64. The standard InChI is InChI=1S/C23H32O6/c1-5-7-8-9-10-15(3)28-17-13-19(24)22-16(4)18(11-12-21(25)27-6-2)23(26)29-20(22)14-17/h13-15,24H,5-12H2,1-4H3. The Morgan fingerprint density at radius 1 is 1.21 bits per heavy atom. The number of aromatic hydroxyl groups is 1. The Kier molecular flexibility index (Phi) is 8.55. The van der Waals surface area contributed by atoms with Crippen LogP contribution >= 0.6 is 0 Å². The molecule has 160 valence electrons. The first-order valence-corrected chi connectivity index (χ1v) is 10.5. The number of hydrogen-bond acceptors (Lipinski definition) is 6. The van der Waals surface area contributed by atoms with Crippen LogP contribution in [0.15, 0.2) is 21.3 Å². The zero-order chi connectivity index (χ0) is 21.4. The molecule has 1 heterocycles. The number of hydrogen-bond donors (Lipinski definition) is 1. The largest absolute Gasteiger partial charge is 0.507 e. The van der Waals surface area contributed by atoms with E-state index >= 15 is 0 Å². The summed E-state index contributed by atoms with van der Waals surface area (Å²) in [6.45, 7) is 7.95. The zero-order valence-corrected chi connectivity index (χ0v) is 17.9. The van der Waals surface area contributed by atoms with Crippen LogP contribution in [0, 0.1) is 6.92 Å². The van der Waals surface area contributed by atoms with Crippen LogP contribution < -0.4 is 10.4 Å². The molecule has 1 unspecified atom stereocenters. The summed E-state index contributed by atoms with van der Waals surface area (Å²) in [5, 5.41) is 11.0. The number of carbonyl (C=O) groups is 1. The molecule has 0 spiro atoms. The van der Waals surface area contributed by atoms with Crippen LogP contribution in [0.4, 0.5) is 0 Å². The van der Waals surface area contributed by atoms with E-state index in [1.165, 1.54) is 19.3 Å². The van der Waals surface area contributed by atoms with Crippen molar-refractivity contribution >= 4 is 16.9 Å². The number of esters is 1. The Balaban J connectivity index is 2.20. The van der Waals surface area contributed by atoms with Crippen LogP contribution in [-0.2, 0) is 16.0 Å². The van der Waals surface area contributed by atoms with Gasteiger partial charge in [0.1, 0.15) is 17.1 Å². The summed E-state index contributed by atoms with van der Waals surface area (Å²) < 4.78 is 16.3. The summed E-state index contributed by atoms with van der Waals surface area (Å²) in [6, 6.07) is 3.19. The summed E-state index contributed by atoms with van der Waals surface area (Å²) in [4.78, 5) is 24.0. The normalized spacial score (nSPS) is 12.1. The molecule has 0 bridgehead atoms. The molecule has 0 aliphatic rings. The molecule has 29 heavy (non-hydrogen) atoms. The minimum atomic E-state index is -0.511. The molecule has 2 rings (SSSR count). The van der Waals surface area contributed by atoms with E-state index in [9.17, 15) is 14.7 Å². The van der Waals surface area contributed by atoms with Gasteiger partial charge in [-0.1, -0.05) is 26.2 Å². The molecule has 6 heteroatoms. The molecule has 1 aromatic heterocycles. The van der Waals surface area contributed by atoms with Crippen LogP contribution in [0.1, 0.15) is 70.4 Å². The maximum atomic E-state index is 12.4. The summed E-state index contributed by atoms with van der Waals surface area (Å²) >= 11 is 0. The van der Waals surface area contributed by atoms with Crippen molar-refractivity contribution in [1.82, 2.24) is 0 Å². The van der Waals surface area contributed by atoms with Gasteiger partial charge in [-0.05, 0) is 45.6 Å². The maximum Gasteiger partial charge on any atom is 0.339 e. The quantitative estimate of drug-likeness (QED) is 0.321. The number of phenolic OH excluding ortho intramolecular Hbond substituents is 1. The summed E-state index contributed by atoms with van der Waals surface area (Å²) in [7, 11) is 0. The fourth-order valence-corrected chi connectivity index (χ4v) is 3.47. The van der Waals surface area contributed by atoms with Crippen LogP contribution in [0.3, 0.4) is 0 Å². The van der Waals surface area contributed by atoms with Gasteiger partial charge >= 0.3 is 11.6 Å². The molecule has 0 saturated heterocycles. The van der Waals surface area contributed by atoms with Gasteiger partial charge in [0, 0.05) is 24.1 Å². The summed E-state index contributed by atoms with van der Waals surface area (Å²) in [6.07, 6.45) is 5.88. The first-order valence-electron chi connectivity index (χ1n) is 10.5. The molecule has 0 fully saturated rings. The van der Waals surface area contributed by atoms with Gasteiger partial charge in [-0.25, -0.2) is 4.79 Å². The Hall–Kier alpha value is -2.50. The fourth-order valence-electron chi connectivity index (χ4n) is 3.47. The van der Waals surface area contributed by atoms with E-state index in [4.69, 9.17) is 13.9 Å². The predicted molar refractivity (Wildman–Crippen MR) is 113 cm³/mol. The van der Waals surface area contributed by atoms with Crippen molar-refractivity contribution in [1.29, 1.82) is 0 Å². The number of rotatable bonds is 11. The van der Waals surface area contributed by atoms with Crippen molar-refractivity contribution in [3.05, 3.63) is 33.7 Å². The molecular formula is C23H32O6. The topological polar surface area (TPSA) is 86.0 Å².